The van der Waals surface area contributed by atoms with Crippen molar-refractivity contribution in [3.8, 4) is 0 Å². The molecule has 0 aliphatic carbocycles. The molecule has 52 valence electrons. The molecule has 3 nitrogen and oxygen atoms in total. The Labute approximate surface area is 59.4 Å². The van der Waals surface area contributed by atoms with Crippen LogP contribution < -0.4 is 0 Å². The van der Waals surface area contributed by atoms with Gasteiger partial charge < -0.3 is 0 Å². The van der Waals surface area contributed by atoms with Crippen LogP contribution in [0.4, 0.5) is 0 Å². The van der Waals surface area contributed by atoms with Crippen molar-refractivity contribution in [2.75, 3.05) is 0 Å². The number of hydrogen-bond acceptors (Lipinski definition) is 2. The molecule has 10 heavy (non-hydrogen) atoms. The normalized spacial score (nSPS) is 15.2. The molecule has 0 radical (unpaired) electrons. The average molecular weight is 135 g/mol. The van der Waals surface area contributed by atoms with Crippen LogP contribution in [0.15, 0.2) is 6.08 Å². The maximum absolute atomic E-state index is 3.96. The maximum atomic E-state index is 3.96. The minimum atomic E-state index is 0.891. The molecule has 1 aromatic rings. The van der Waals surface area contributed by atoms with Gasteiger partial charge in [0.2, 0.25) is 0 Å². The first-order chi connectivity index (χ1) is 4.79. The molecular formula is C7H9N3. The van der Waals surface area contributed by atoms with Crippen molar-refractivity contribution in [3.63, 3.8) is 0 Å². The molecule has 0 unspecified atom stereocenters. The zero-order chi connectivity index (χ0) is 7.14. The molecular weight excluding hydrogens is 126 g/mol. The van der Waals surface area contributed by atoms with E-state index in [0.29, 0.717) is 0 Å². The van der Waals surface area contributed by atoms with Crippen molar-refractivity contribution in [1.82, 2.24) is 15.0 Å². The predicted molar refractivity (Wildman–Crippen MR) is 38.4 cm³/mol. The first-order valence-electron chi connectivity index (χ1n) is 3.36. The Morgan fingerprint density at radius 1 is 1.50 bits per heavy atom. The van der Waals surface area contributed by atoms with E-state index in [4.69, 9.17) is 0 Å². The molecule has 0 saturated carbocycles. The van der Waals surface area contributed by atoms with Crippen molar-refractivity contribution >= 4 is 5.57 Å². The van der Waals surface area contributed by atoms with Gasteiger partial charge in [-0.25, -0.2) is 4.68 Å². The Kier molecular flexibility index (Phi) is 0.952. The number of aromatic nitrogens is 3. The minimum Gasteiger partial charge on any atom is -0.241 e. The van der Waals surface area contributed by atoms with E-state index < -0.39 is 0 Å². The molecule has 0 N–H and O–H groups in total. The van der Waals surface area contributed by atoms with Crippen LogP contribution >= 0.6 is 0 Å². The molecule has 2 heterocycles. The monoisotopic (exact) mass is 135 g/mol. The first kappa shape index (κ1) is 5.65. The lowest BCUT2D eigenvalue weighted by Gasteiger charge is -1.92. The van der Waals surface area contributed by atoms with Crippen LogP contribution in [-0.2, 0) is 6.54 Å². The van der Waals surface area contributed by atoms with Crippen LogP contribution in [0.1, 0.15) is 18.3 Å². The van der Waals surface area contributed by atoms with Crippen molar-refractivity contribution < 1.29 is 0 Å². The number of rotatable bonds is 0. The van der Waals surface area contributed by atoms with Crippen LogP contribution in [-0.4, -0.2) is 15.0 Å². The summed E-state index contributed by atoms with van der Waals surface area (Å²) < 4.78 is 1.92. The summed E-state index contributed by atoms with van der Waals surface area (Å²) in [7, 11) is 0. The van der Waals surface area contributed by atoms with Crippen molar-refractivity contribution in [2.24, 2.45) is 0 Å². The fourth-order valence-electron chi connectivity index (χ4n) is 1.34. The summed E-state index contributed by atoms with van der Waals surface area (Å²) in [4.78, 5) is 0. The molecule has 0 bridgehead atoms. The second-order valence-electron chi connectivity index (χ2n) is 2.59. The molecule has 0 atom stereocenters. The van der Waals surface area contributed by atoms with Crippen LogP contribution in [0.2, 0.25) is 0 Å². The number of hydrogen-bond donors (Lipinski definition) is 0. The van der Waals surface area contributed by atoms with E-state index in [9.17, 15) is 0 Å². The SMILES string of the molecule is CC1=CCn2nnc(C)c21. The largest absolute Gasteiger partial charge is 0.241 e. The van der Waals surface area contributed by atoms with Gasteiger partial charge in [0, 0.05) is 0 Å². The topological polar surface area (TPSA) is 30.7 Å². The standard InChI is InChI=1S/C7H9N3/c1-5-3-4-10-7(5)6(2)8-9-10/h3H,4H2,1-2H3. The summed E-state index contributed by atoms with van der Waals surface area (Å²) in [5.74, 6) is 0. The zero-order valence-electron chi connectivity index (χ0n) is 6.13. The second kappa shape index (κ2) is 1.68. The third-order valence-corrected chi connectivity index (χ3v) is 1.85. The molecule has 0 aromatic carbocycles. The summed E-state index contributed by atoms with van der Waals surface area (Å²) >= 11 is 0. The summed E-state index contributed by atoms with van der Waals surface area (Å²) in [6.07, 6.45) is 2.16. The van der Waals surface area contributed by atoms with Crippen LogP contribution in [0, 0.1) is 6.92 Å². The van der Waals surface area contributed by atoms with E-state index in [1.54, 1.807) is 0 Å². The molecule has 2 rings (SSSR count). The fourth-order valence-corrected chi connectivity index (χ4v) is 1.34. The van der Waals surface area contributed by atoms with Gasteiger partial charge in [-0.3, -0.25) is 0 Å². The fraction of sp³-hybridized carbons (Fsp3) is 0.429. The third-order valence-electron chi connectivity index (χ3n) is 1.85. The summed E-state index contributed by atoms with van der Waals surface area (Å²) in [5.41, 5.74) is 3.52. The molecule has 1 aliphatic heterocycles. The highest BCUT2D eigenvalue weighted by Crippen LogP contribution is 2.21. The zero-order valence-corrected chi connectivity index (χ0v) is 6.13. The Balaban J connectivity index is 2.66. The molecule has 3 heteroatoms. The van der Waals surface area contributed by atoms with E-state index in [0.717, 1.165) is 12.2 Å². The van der Waals surface area contributed by atoms with Crippen molar-refractivity contribution in [3.05, 3.63) is 17.5 Å². The Morgan fingerprint density at radius 3 is 3.00 bits per heavy atom. The summed E-state index contributed by atoms with van der Waals surface area (Å²) in [6.45, 7) is 4.97. The van der Waals surface area contributed by atoms with Gasteiger partial charge in [-0.15, -0.1) is 5.10 Å². The number of fused-ring (bicyclic) bond motifs is 1. The van der Waals surface area contributed by atoms with Gasteiger partial charge in [0.05, 0.1) is 17.9 Å². The molecule has 0 fully saturated rings. The third kappa shape index (κ3) is 0.546. The molecule has 0 saturated heterocycles. The van der Waals surface area contributed by atoms with Crippen molar-refractivity contribution in [1.29, 1.82) is 0 Å². The Hall–Kier alpha value is -1.12. The maximum Gasteiger partial charge on any atom is 0.0872 e. The number of aryl methyl sites for hydroxylation is 1. The van der Waals surface area contributed by atoms with Gasteiger partial charge in [0.25, 0.3) is 0 Å². The molecule has 0 spiro atoms. The molecule has 0 amide bonds. The lowest BCUT2D eigenvalue weighted by Crippen LogP contribution is -1.95. The second-order valence-corrected chi connectivity index (χ2v) is 2.59. The Bertz CT molecular complexity index is 296. The molecule has 1 aromatic heterocycles. The van der Waals surface area contributed by atoms with Gasteiger partial charge in [-0.1, -0.05) is 11.3 Å². The highest BCUT2D eigenvalue weighted by Gasteiger charge is 2.14. The lowest BCUT2D eigenvalue weighted by atomic mass is 10.2. The van der Waals surface area contributed by atoms with Crippen molar-refractivity contribution in [2.45, 2.75) is 20.4 Å². The first-order valence-corrected chi connectivity index (χ1v) is 3.36. The molecule has 1 aliphatic rings. The van der Waals surface area contributed by atoms with Crippen LogP contribution in [0.5, 0.6) is 0 Å². The van der Waals surface area contributed by atoms with Crippen LogP contribution in [0.25, 0.3) is 5.57 Å². The smallest absolute Gasteiger partial charge is 0.0872 e. The predicted octanol–water partition coefficient (Wildman–Crippen LogP) is 1.00. The van der Waals surface area contributed by atoms with E-state index in [1.807, 2.05) is 11.6 Å². The van der Waals surface area contributed by atoms with E-state index in [2.05, 4.69) is 23.3 Å². The van der Waals surface area contributed by atoms with E-state index in [1.165, 1.54) is 11.3 Å². The van der Waals surface area contributed by atoms with Crippen LogP contribution in [0.3, 0.4) is 0 Å². The van der Waals surface area contributed by atoms with Gasteiger partial charge in [-0.2, -0.15) is 0 Å². The quantitative estimate of drug-likeness (QED) is 0.531. The minimum absolute atomic E-state index is 0.891. The highest BCUT2D eigenvalue weighted by molar-refractivity contribution is 5.64. The summed E-state index contributed by atoms with van der Waals surface area (Å²) in [6, 6.07) is 0. The van der Waals surface area contributed by atoms with E-state index in [-0.39, 0.29) is 0 Å². The van der Waals surface area contributed by atoms with Gasteiger partial charge >= 0.3 is 0 Å². The highest BCUT2D eigenvalue weighted by atomic mass is 15.4. The van der Waals surface area contributed by atoms with Gasteiger partial charge in [0.15, 0.2) is 0 Å². The summed E-state index contributed by atoms with van der Waals surface area (Å²) in [5, 5.41) is 7.92. The van der Waals surface area contributed by atoms with E-state index >= 15 is 0 Å². The van der Waals surface area contributed by atoms with Gasteiger partial charge in [0.1, 0.15) is 0 Å². The lowest BCUT2D eigenvalue weighted by molar-refractivity contribution is 0.670. The Morgan fingerprint density at radius 2 is 2.30 bits per heavy atom. The van der Waals surface area contributed by atoms with Gasteiger partial charge in [-0.05, 0) is 19.4 Å². The number of nitrogens with zero attached hydrogens (tertiary/aromatic N) is 3. The average Bonchev–Trinajstić information content (AvgIpc) is 2.40. The number of allylic oxidation sites excluding steroid dienone is 2.